The first kappa shape index (κ1) is 19.4. The Balaban J connectivity index is 1.85. The molecule has 7 heteroatoms. The molecule has 1 N–H and O–H groups in total. The SMILES string of the molecule is COC(NN=C(c1ccccn1)c1ccccn1)(c1ccccn1)c1ccccn1. The second kappa shape index (κ2) is 9.02. The fourth-order valence-electron chi connectivity index (χ4n) is 3.03. The van der Waals surface area contributed by atoms with Gasteiger partial charge in [-0.2, -0.15) is 5.10 Å². The van der Waals surface area contributed by atoms with Gasteiger partial charge in [0, 0.05) is 31.9 Å². The molecule has 0 atom stereocenters. The third-order valence-corrected chi connectivity index (χ3v) is 4.50. The monoisotopic (exact) mass is 396 g/mol. The molecular weight excluding hydrogens is 376 g/mol. The first-order valence-electron chi connectivity index (χ1n) is 9.39. The minimum atomic E-state index is -1.20. The molecule has 0 fully saturated rings. The maximum atomic E-state index is 5.95. The van der Waals surface area contributed by atoms with Crippen molar-refractivity contribution in [3.8, 4) is 0 Å². The molecule has 0 aliphatic heterocycles. The van der Waals surface area contributed by atoms with E-state index in [-0.39, 0.29) is 0 Å². The minimum absolute atomic E-state index is 0.574. The van der Waals surface area contributed by atoms with E-state index in [9.17, 15) is 0 Å². The van der Waals surface area contributed by atoms with Crippen molar-refractivity contribution in [1.29, 1.82) is 0 Å². The largest absolute Gasteiger partial charge is 0.347 e. The molecule has 0 saturated carbocycles. The third-order valence-electron chi connectivity index (χ3n) is 4.50. The first-order chi connectivity index (χ1) is 14.8. The zero-order valence-electron chi connectivity index (χ0n) is 16.4. The summed E-state index contributed by atoms with van der Waals surface area (Å²) < 4.78 is 5.95. The van der Waals surface area contributed by atoms with Gasteiger partial charge < -0.3 is 4.74 Å². The number of nitrogens with zero attached hydrogens (tertiary/aromatic N) is 5. The molecule has 7 nitrogen and oxygen atoms in total. The number of hydrazone groups is 1. The Labute approximate surface area is 174 Å². The van der Waals surface area contributed by atoms with Crippen molar-refractivity contribution in [2.45, 2.75) is 5.72 Å². The molecule has 0 bridgehead atoms. The lowest BCUT2D eigenvalue weighted by molar-refractivity contribution is -0.0148. The third kappa shape index (κ3) is 3.92. The van der Waals surface area contributed by atoms with Gasteiger partial charge >= 0.3 is 0 Å². The molecule has 0 radical (unpaired) electrons. The van der Waals surface area contributed by atoms with E-state index in [1.807, 2.05) is 72.8 Å². The Kier molecular flexibility index (Phi) is 5.82. The van der Waals surface area contributed by atoms with Crippen molar-refractivity contribution in [3.63, 3.8) is 0 Å². The molecule has 0 spiro atoms. The summed E-state index contributed by atoms with van der Waals surface area (Å²) in [6.45, 7) is 0. The molecule has 4 aromatic heterocycles. The maximum absolute atomic E-state index is 5.95. The standard InChI is InChI=1S/C23H20N6O/c1-30-23(20-12-4-8-16-26-20,21-13-5-9-17-27-21)29-28-22(18-10-2-6-14-24-18)19-11-3-7-15-25-19/h2-17,29H,1H3. The Bertz CT molecular complexity index is 1010. The van der Waals surface area contributed by atoms with Gasteiger partial charge in [0.25, 0.3) is 0 Å². The predicted molar refractivity (Wildman–Crippen MR) is 114 cm³/mol. The minimum Gasteiger partial charge on any atom is -0.347 e. The van der Waals surface area contributed by atoms with Crippen molar-refractivity contribution >= 4 is 5.71 Å². The Morgan fingerprint density at radius 2 is 1.17 bits per heavy atom. The summed E-state index contributed by atoms with van der Waals surface area (Å²) in [7, 11) is 1.59. The van der Waals surface area contributed by atoms with Crippen molar-refractivity contribution in [2.75, 3.05) is 7.11 Å². The molecule has 148 valence electrons. The summed E-state index contributed by atoms with van der Waals surface area (Å²) in [5.41, 5.74) is 5.15. The van der Waals surface area contributed by atoms with Crippen LogP contribution in [0.2, 0.25) is 0 Å². The predicted octanol–water partition coefficient (Wildman–Crippen LogP) is 3.16. The van der Waals surface area contributed by atoms with E-state index in [2.05, 4.69) is 25.4 Å². The number of aromatic nitrogens is 4. The normalized spacial score (nSPS) is 11.0. The van der Waals surface area contributed by atoms with E-state index < -0.39 is 5.72 Å². The molecule has 0 unspecified atom stereocenters. The van der Waals surface area contributed by atoms with Crippen LogP contribution in [0.15, 0.2) is 103 Å². The zero-order valence-corrected chi connectivity index (χ0v) is 16.4. The summed E-state index contributed by atoms with van der Waals surface area (Å²) in [5, 5.41) is 4.70. The average Bonchev–Trinajstić information content (AvgIpc) is 2.84. The second-order valence-electron chi connectivity index (χ2n) is 6.32. The molecule has 30 heavy (non-hydrogen) atoms. The van der Waals surface area contributed by atoms with Crippen LogP contribution in [-0.4, -0.2) is 32.8 Å². The van der Waals surface area contributed by atoms with Gasteiger partial charge in [0.1, 0.15) is 17.1 Å². The quantitative estimate of drug-likeness (QED) is 0.293. The van der Waals surface area contributed by atoms with Gasteiger partial charge in [0.05, 0.1) is 11.4 Å². The van der Waals surface area contributed by atoms with Gasteiger partial charge in [0.15, 0.2) is 0 Å². The number of pyridine rings is 4. The smallest absolute Gasteiger partial charge is 0.240 e. The van der Waals surface area contributed by atoms with Crippen molar-refractivity contribution < 1.29 is 4.74 Å². The summed E-state index contributed by atoms with van der Waals surface area (Å²) in [4.78, 5) is 17.9. The molecule has 0 aliphatic carbocycles. The van der Waals surface area contributed by atoms with Gasteiger partial charge in [-0.1, -0.05) is 24.3 Å². The fourth-order valence-corrected chi connectivity index (χ4v) is 3.03. The maximum Gasteiger partial charge on any atom is 0.240 e. The molecule has 0 saturated heterocycles. The Morgan fingerprint density at radius 3 is 1.53 bits per heavy atom. The van der Waals surface area contributed by atoms with Crippen LogP contribution in [0.3, 0.4) is 0 Å². The van der Waals surface area contributed by atoms with E-state index >= 15 is 0 Å². The van der Waals surface area contributed by atoms with Crippen LogP contribution in [0.4, 0.5) is 0 Å². The van der Waals surface area contributed by atoms with Crippen LogP contribution < -0.4 is 5.43 Å². The van der Waals surface area contributed by atoms with E-state index in [0.717, 1.165) is 0 Å². The summed E-state index contributed by atoms with van der Waals surface area (Å²) in [6.07, 6.45) is 6.84. The second-order valence-corrected chi connectivity index (χ2v) is 6.32. The van der Waals surface area contributed by atoms with Crippen LogP contribution in [0.25, 0.3) is 0 Å². The number of nitrogens with one attached hydrogen (secondary N) is 1. The van der Waals surface area contributed by atoms with Crippen LogP contribution in [-0.2, 0) is 10.5 Å². The van der Waals surface area contributed by atoms with E-state index in [1.54, 1.807) is 31.9 Å². The van der Waals surface area contributed by atoms with Crippen LogP contribution in [0.1, 0.15) is 22.8 Å². The lowest BCUT2D eigenvalue weighted by atomic mass is 10.0. The van der Waals surface area contributed by atoms with E-state index in [4.69, 9.17) is 9.84 Å². The molecule has 0 aliphatic rings. The van der Waals surface area contributed by atoms with Gasteiger partial charge in [-0.25, -0.2) is 0 Å². The number of rotatable bonds is 7. The highest BCUT2D eigenvalue weighted by Crippen LogP contribution is 2.27. The van der Waals surface area contributed by atoms with E-state index in [1.165, 1.54) is 0 Å². The molecule has 4 rings (SSSR count). The highest BCUT2D eigenvalue weighted by Gasteiger charge is 2.37. The lowest BCUT2D eigenvalue weighted by Gasteiger charge is -2.31. The number of hydrogen-bond acceptors (Lipinski definition) is 7. The molecule has 0 aromatic carbocycles. The van der Waals surface area contributed by atoms with Crippen LogP contribution in [0, 0.1) is 0 Å². The van der Waals surface area contributed by atoms with Gasteiger partial charge in [-0.3, -0.25) is 25.4 Å². The highest BCUT2D eigenvalue weighted by molar-refractivity contribution is 6.10. The van der Waals surface area contributed by atoms with Crippen molar-refractivity contribution in [3.05, 3.63) is 120 Å². The van der Waals surface area contributed by atoms with Crippen molar-refractivity contribution in [2.24, 2.45) is 5.10 Å². The zero-order chi connectivity index (χ0) is 20.7. The highest BCUT2D eigenvalue weighted by atomic mass is 16.5. The van der Waals surface area contributed by atoms with Gasteiger partial charge in [0.2, 0.25) is 5.72 Å². The molecule has 0 amide bonds. The van der Waals surface area contributed by atoms with Crippen LogP contribution >= 0.6 is 0 Å². The Morgan fingerprint density at radius 1 is 0.700 bits per heavy atom. The fraction of sp³-hybridized carbons (Fsp3) is 0.0870. The summed E-state index contributed by atoms with van der Waals surface area (Å²) in [5.74, 6) is 0. The lowest BCUT2D eigenvalue weighted by Crippen LogP contribution is -2.44. The van der Waals surface area contributed by atoms with Gasteiger partial charge in [-0.15, -0.1) is 0 Å². The number of ether oxygens (including phenoxy) is 1. The number of methoxy groups -OCH3 is 1. The van der Waals surface area contributed by atoms with Crippen LogP contribution in [0.5, 0.6) is 0 Å². The van der Waals surface area contributed by atoms with Crippen molar-refractivity contribution in [1.82, 2.24) is 25.4 Å². The molecular formula is C23H20N6O. The number of hydrogen-bond donors (Lipinski definition) is 1. The first-order valence-corrected chi connectivity index (χ1v) is 9.39. The molecule has 4 aromatic rings. The van der Waals surface area contributed by atoms with E-state index in [0.29, 0.717) is 28.5 Å². The summed E-state index contributed by atoms with van der Waals surface area (Å²) in [6, 6.07) is 22.5. The summed E-state index contributed by atoms with van der Waals surface area (Å²) >= 11 is 0. The topological polar surface area (TPSA) is 85.2 Å². The molecule has 4 heterocycles. The van der Waals surface area contributed by atoms with Gasteiger partial charge in [-0.05, 0) is 48.5 Å². The Hall–Kier alpha value is -3.97. The average molecular weight is 396 g/mol.